The van der Waals surface area contributed by atoms with Crippen LogP contribution in [0.4, 0.5) is 0 Å². The van der Waals surface area contributed by atoms with Crippen LogP contribution in [0.2, 0.25) is 0 Å². The van der Waals surface area contributed by atoms with Crippen molar-refractivity contribution in [3.63, 3.8) is 0 Å². The Morgan fingerprint density at radius 3 is 1.89 bits per heavy atom. The molecule has 37 heavy (non-hydrogen) atoms. The zero-order valence-corrected chi connectivity index (χ0v) is 20.8. The van der Waals surface area contributed by atoms with Gasteiger partial charge in [0, 0.05) is 12.8 Å². The minimum absolute atomic E-state index is 0.0422. The molecule has 0 heterocycles. The highest BCUT2D eigenvalue weighted by atomic mass is 16.4. The van der Waals surface area contributed by atoms with E-state index in [0.717, 1.165) is 0 Å². The molecular weight excluding hydrogens is 486 g/mol. The molecule has 0 saturated carbocycles. The number of rotatable bonds is 16. The molecule has 4 unspecified atom stereocenters. The smallest absolute Gasteiger partial charge is 0.326 e. The van der Waals surface area contributed by atoms with Crippen LogP contribution in [0.1, 0.15) is 45.1 Å². The summed E-state index contributed by atoms with van der Waals surface area (Å²) in [5.41, 5.74) is 11.6. The van der Waals surface area contributed by atoms with Crippen molar-refractivity contribution in [1.82, 2.24) is 16.0 Å². The van der Waals surface area contributed by atoms with E-state index in [2.05, 4.69) is 16.0 Å². The van der Waals surface area contributed by atoms with Crippen LogP contribution in [0.5, 0.6) is 0 Å². The van der Waals surface area contributed by atoms with Crippen LogP contribution in [0.3, 0.4) is 0 Å². The van der Waals surface area contributed by atoms with E-state index in [1.54, 1.807) is 44.2 Å². The van der Waals surface area contributed by atoms with E-state index >= 15 is 0 Å². The summed E-state index contributed by atoms with van der Waals surface area (Å²) < 4.78 is 0. The Balaban J connectivity index is 2.99. The van der Waals surface area contributed by atoms with E-state index in [9.17, 15) is 33.9 Å². The number of nitrogens with two attached hydrogens (primary N) is 2. The van der Waals surface area contributed by atoms with Crippen LogP contribution in [0.25, 0.3) is 0 Å². The number of primary amides is 1. The highest BCUT2D eigenvalue weighted by Crippen LogP contribution is 2.08. The molecule has 0 aliphatic rings. The highest BCUT2D eigenvalue weighted by molar-refractivity contribution is 5.96. The third-order valence-corrected chi connectivity index (χ3v) is 5.28. The number of hydrogen-bond acceptors (Lipinski definition) is 7. The van der Waals surface area contributed by atoms with Gasteiger partial charge in [-0.2, -0.15) is 0 Å². The van der Waals surface area contributed by atoms with Gasteiger partial charge in [0.05, 0.1) is 12.5 Å². The number of carbonyl (C=O) groups excluding carboxylic acids is 4. The summed E-state index contributed by atoms with van der Waals surface area (Å²) in [5, 5.41) is 25.5. The van der Waals surface area contributed by atoms with Crippen LogP contribution in [-0.2, 0) is 35.2 Å². The molecule has 0 fully saturated rings. The van der Waals surface area contributed by atoms with Gasteiger partial charge in [0.25, 0.3) is 0 Å². The van der Waals surface area contributed by atoms with Crippen LogP contribution >= 0.6 is 0 Å². The van der Waals surface area contributed by atoms with E-state index in [1.807, 2.05) is 0 Å². The molecule has 4 atom stereocenters. The molecule has 0 bridgehead atoms. The van der Waals surface area contributed by atoms with Gasteiger partial charge >= 0.3 is 11.9 Å². The van der Waals surface area contributed by atoms with Crippen LogP contribution in [-0.4, -0.2) is 69.9 Å². The minimum Gasteiger partial charge on any atom is -0.481 e. The summed E-state index contributed by atoms with van der Waals surface area (Å²) in [7, 11) is 0. The number of amides is 4. The fraction of sp³-hybridized carbons (Fsp3) is 0.500. The van der Waals surface area contributed by atoms with Gasteiger partial charge in [0.1, 0.15) is 18.1 Å². The zero-order valence-electron chi connectivity index (χ0n) is 20.8. The topological polar surface area (TPSA) is 231 Å². The first-order chi connectivity index (χ1) is 17.3. The lowest BCUT2D eigenvalue weighted by Crippen LogP contribution is -2.58. The number of aliphatic carboxylic acids is 2. The van der Waals surface area contributed by atoms with Gasteiger partial charge in [0.15, 0.2) is 0 Å². The molecule has 1 aromatic carbocycles. The second-order valence-corrected chi connectivity index (χ2v) is 9.05. The van der Waals surface area contributed by atoms with Crippen molar-refractivity contribution in [1.29, 1.82) is 0 Å². The van der Waals surface area contributed by atoms with Crippen LogP contribution in [0, 0.1) is 5.92 Å². The monoisotopic (exact) mass is 521 g/mol. The predicted molar refractivity (Wildman–Crippen MR) is 132 cm³/mol. The molecule has 0 radical (unpaired) electrons. The van der Waals surface area contributed by atoms with E-state index < -0.39 is 66.2 Å². The quantitative estimate of drug-likeness (QED) is 0.139. The molecule has 13 heteroatoms. The molecule has 13 nitrogen and oxygen atoms in total. The molecule has 0 spiro atoms. The SMILES string of the molecule is CC(C)CC(NC(=O)C(N)CCC(=O)O)C(=O)NC(CC(N)=O)C(=O)NC(Cc1ccccc1)C(=O)O. The largest absolute Gasteiger partial charge is 0.481 e. The predicted octanol–water partition coefficient (Wildman–Crippen LogP) is -1.12. The van der Waals surface area contributed by atoms with E-state index in [4.69, 9.17) is 16.6 Å². The summed E-state index contributed by atoms with van der Waals surface area (Å²) in [5.74, 6) is -5.97. The third-order valence-electron chi connectivity index (χ3n) is 5.28. The van der Waals surface area contributed by atoms with Crippen LogP contribution in [0.15, 0.2) is 30.3 Å². The Labute approximate surface area is 214 Å². The van der Waals surface area contributed by atoms with Gasteiger partial charge in [-0.1, -0.05) is 44.2 Å². The van der Waals surface area contributed by atoms with Gasteiger partial charge in [-0.15, -0.1) is 0 Å². The standard InChI is InChI=1S/C24H35N5O8/c1-13(2)10-16(27-21(33)15(25)8-9-20(31)32)22(34)28-17(12-19(26)30)23(35)29-18(24(36)37)11-14-6-4-3-5-7-14/h3-7,13,15-18H,8-12,25H2,1-2H3,(H2,26,30)(H,27,33)(H,28,34)(H,29,35)(H,31,32)(H,36,37). The molecule has 1 rings (SSSR count). The summed E-state index contributed by atoms with van der Waals surface area (Å²) in [4.78, 5) is 72.3. The first kappa shape index (κ1) is 31.0. The molecule has 0 aliphatic carbocycles. The van der Waals surface area contributed by atoms with Gasteiger partial charge in [-0.05, 0) is 24.3 Å². The Morgan fingerprint density at radius 2 is 1.38 bits per heavy atom. The molecule has 4 amide bonds. The minimum atomic E-state index is -1.50. The maximum absolute atomic E-state index is 13.0. The first-order valence-electron chi connectivity index (χ1n) is 11.7. The Kier molecular flexibility index (Phi) is 12.7. The van der Waals surface area contributed by atoms with Crippen molar-refractivity contribution in [2.45, 2.75) is 70.1 Å². The first-order valence-corrected chi connectivity index (χ1v) is 11.7. The molecule has 9 N–H and O–H groups in total. The van der Waals surface area contributed by atoms with Crippen molar-refractivity contribution in [3.05, 3.63) is 35.9 Å². The van der Waals surface area contributed by atoms with Crippen molar-refractivity contribution >= 4 is 35.6 Å². The second kappa shape index (κ2) is 15.2. The number of carbonyl (C=O) groups is 6. The van der Waals surface area contributed by atoms with Crippen molar-refractivity contribution in [2.75, 3.05) is 0 Å². The fourth-order valence-electron chi connectivity index (χ4n) is 3.40. The fourth-order valence-corrected chi connectivity index (χ4v) is 3.40. The average molecular weight is 522 g/mol. The molecule has 0 aliphatic heterocycles. The van der Waals surface area contributed by atoms with Gasteiger partial charge in [-0.25, -0.2) is 4.79 Å². The van der Waals surface area contributed by atoms with Gasteiger partial charge in [-0.3, -0.25) is 24.0 Å². The Bertz CT molecular complexity index is 969. The number of benzene rings is 1. The summed E-state index contributed by atoms with van der Waals surface area (Å²) >= 11 is 0. The lowest BCUT2D eigenvalue weighted by molar-refractivity contribution is -0.142. The lowest BCUT2D eigenvalue weighted by atomic mass is 10.0. The Hall–Kier alpha value is -4.00. The van der Waals surface area contributed by atoms with Crippen LogP contribution < -0.4 is 27.4 Å². The third kappa shape index (κ3) is 12.0. The number of hydrogen-bond donors (Lipinski definition) is 7. The molecule has 204 valence electrons. The summed E-state index contributed by atoms with van der Waals surface area (Å²) in [6.45, 7) is 3.57. The van der Waals surface area contributed by atoms with Crippen molar-refractivity contribution in [3.8, 4) is 0 Å². The molecule has 0 aromatic heterocycles. The van der Waals surface area contributed by atoms with E-state index in [1.165, 1.54) is 0 Å². The number of carboxylic acid groups (broad SMARTS) is 2. The maximum Gasteiger partial charge on any atom is 0.326 e. The Morgan fingerprint density at radius 1 is 0.838 bits per heavy atom. The summed E-state index contributed by atoms with van der Waals surface area (Å²) in [6.07, 6.45) is -1.01. The van der Waals surface area contributed by atoms with Crippen molar-refractivity contribution < 1.29 is 39.0 Å². The highest BCUT2D eigenvalue weighted by Gasteiger charge is 2.31. The molecule has 0 saturated heterocycles. The van der Waals surface area contributed by atoms with E-state index in [0.29, 0.717) is 5.56 Å². The maximum atomic E-state index is 13.0. The summed E-state index contributed by atoms with van der Waals surface area (Å²) in [6, 6.07) is 3.35. The normalized spacial score (nSPS) is 14.1. The second-order valence-electron chi connectivity index (χ2n) is 9.05. The molecular formula is C24H35N5O8. The van der Waals surface area contributed by atoms with E-state index in [-0.39, 0.29) is 31.6 Å². The zero-order chi connectivity index (χ0) is 28.1. The molecule has 1 aromatic rings. The number of nitrogens with one attached hydrogen (secondary N) is 3. The van der Waals surface area contributed by atoms with Crippen molar-refractivity contribution in [2.24, 2.45) is 17.4 Å². The lowest BCUT2D eigenvalue weighted by Gasteiger charge is -2.25. The average Bonchev–Trinajstić information content (AvgIpc) is 2.80. The number of carboxylic acids is 2. The van der Waals surface area contributed by atoms with Gasteiger partial charge in [0.2, 0.25) is 23.6 Å². The van der Waals surface area contributed by atoms with Gasteiger partial charge < -0.3 is 37.6 Å².